The number of nitrogen functional groups attached to an aromatic ring is 2. The summed E-state index contributed by atoms with van der Waals surface area (Å²) in [6, 6.07) is 0. The second-order valence-electron chi connectivity index (χ2n) is 5.05. The third kappa shape index (κ3) is 3.15. The summed E-state index contributed by atoms with van der Waals surface area (Å²) in [5.41, 5.74) is 10.1. The molecule has 0 radical (unpaired) electrons. The molecule has 1 aliphatic rings. The monoisotopic (exact) mass is 341 g/mol. The zero-order valence-corrected chi connectivity index (χ0v) is 12.4. The maximum atomic E-state index is 13.1. The molecule has 0 saturated carbocycles. The molecule has 1 fully saturated rings. The first kappa shape index (κ1) is 16.2. The molecule has 24 heavy (non-hydrogen) atoms. The number of alkyl halides is 3. The highest BCUT2D eigenvalue weighted by atomic mass is 19.4. The van der Waals surface area contributed by atoms with E-state index >= 15 is 0 Å². The molecule has 3 heterocycles. The van der Waals surface area contributed by atoms with E-state index in [-0.39, 0.29) is 17.2 Å². The molecule has 0 aromatic carbocycles. The van der Waals surface area contributed by atoms with E-state index in [9.17, 15) is 13.2 Å². The Bertz CT molecular complexity index is 747. The van der Waals surface area contributed by atoms with Crippen LogP contribution in [0.15, 0.2) is 12.4 Å². The minimum atomic E-state index is -4.71. The van der Waals surface area contributed by atoms with Crippen molar-refractivity contribution in [2.45, 2.75) is 6.18 Å². The Morgan fingerprint density at radius 3 is 2.38 bits per heavy atom. The number of morpholine rings is 1. The fourth-order valence-corrected chi connectivity index (χ4v) is 2.34. The summed E-state index contributed by atoms with van der Waals surface area (Å²) >= 11 is 0. The van der Waals surface area contributed by atoms with Crippen molar-refractivity contribution in [3.8, 4) is 11.4 Å². The van der Waals surface area contributed by atoms with Crippen molar-refractivity contribution in [2.75, 3.05) is 42.7 Å². The van der Waals surface area contributed by atoms with Crippen LogP contribution in [-0.4, -0.2) is 46.2 Å². The molecule has 4 N–H and O–H groups in total. The number of anilines is 3. The molecular weight excluding hydrogens is 327 g/mol. The molecule has 0 unspecified atom stereocenters. The van der Waals surface area contributed by atoms with E-state index in [1.165, 1.54) is 6.20 Å². The normalized spacial score (nSPS) is 15.5. The van der Waals surface area contributed by atoms with Crippen LogP contribution in [0, 0.1) is 0 Å². The van der Waals surface area contributed by atoms with E-state index in [1.54, 1.807) is 0 Å². The zero-order chi connectivity index (χ0) is 17.3. The van der Waals surface area contributed by atoms with Gasteiger partial charge in [0.05, 0.1) is 30.7 Å². The highest BCUT2D eigenvalue weighted by molar-refractivity contribution is 5.68. The van der Waals surface area contributed by atoms with Gasteiger partial charge >= 0.3 is 6.18 Å². The lowest BCUT2D eigenvalue weighted by atomic mass is 10.2. The van der Waals surface area contributed by atoms with Crippen LogP contribution < -0.4 is 16.4 Å². The quantitative estimate of drug-likeness (QED) is 0.829. The molecule has 0 spiro atoms. The molecule has 2 aromatic heterocycles. The van der Waals surface area contributed by atoms with E-state index in [0.29, 0.717) is 32.0 Å². The number of hydrogen-bond acceptors (Lipinski definition) is 8. The second-order valence-corrected chi connectivity index (χ2v) is 5.05. The summed E-state index contributed by atoms with van der Waals surface area (Å²) in [7, 11) is 0. The molecule has 0 aliphatic carbocycles. The van der Waals surface area contributed by atoms with E-state index in [0.717, 1.165) is 6.20 Å². The molecule has 0 amide bonds. The Morgan fingerprint density at radius 2 is 1.75 bits per heavy atom. The highest BCUT2D eigenvalue weighted by Gasteiger charge is 2.37. The molecule has 128 valence electrons. The standard InChI is InChI=1S/C13H14F3N7O/c14-13(15,16)9-7(5-20-12(18)21-9)11-19-6-8(10(17)22-11)23-1-3-24-4-2-23/h5-6H,1-4H2,(H2,17,19,22)(H2,18,20,21). The van der Waals surface area contributed by atoms with Gasteiger partial charge in [0.1, 0.15) is 0 Å². The third-order valence-electron chi connectivity index (χ3n) is 3.47. The average Bonchev–Trinajstić information content (AvgIpc) is 2.54. The summed E-state index contributed by atoms with van der Waals surface area (Å²) in [6.07, 6.45) is -2.39. The highest BCUT2D eigenvalue weighted by Crippen LogP contribution is 2.35. The topological polar surface area (TPSA) is 116 Å². The lowest BCUT2D eigenvalue weighted by Crippen LogP contribution is -2.36. The van der Waals surface area contributed by atoms with Gasteiger partial charge < -0.3 is 21.1 Å². The fraction of sp³-hybridized carbons (Fsp3) is 0.385. The van der Waals surface area contributed by atoms with Gasteiger partial charge in [0.25, 0.3) is 0 Å². The van der Waals surface area contributed by atoms with E-state index < -0.39 is 17.8 Å². The second kappa shape index (κ2) is 6.07. The fourth-order valence-electron chi connectivity index (χ4n) is 2.34. The predicted molar refractivity (Wildman–Crippen MR) is 79.9 cm³/mol. The molecule has 0 bridgehead atoms. The minimum absolute atomic E-state index is 0.0758. The van der Waals surface area contributed by atoms with Crippen molar-refractivity contribution < 1.29 is 17.9 Å². The smallest absolute Gasteiger partial charge is 0.382 e. The number of nitrogens with two attached hydrogens (primary N) is 2. The number of ether oxygens (including phenoxy) is 1. The molecule has 8 nitrogen and oxygen atoms in total. The van der Waals surface area contributed by atoms with E-state index in [1.807, 2.05) is 4.90 Å². The SMILES string of the molecule is Nc1ncc(-c2ncc(N3CCOCC3)c(N)n2)c(C(F)(F)F)n1. The zero-order valence-electron chi connectivity index (χ0n) is 12.4. The molecule has 1 aliphatic heterocycles. The molecule has 0 atom stereocenters. The van der Waals surface area contributed by atoms with E-state index in [4.69, 9.17) is 16.2 Å². The predicted octanol–water partition coefficient (Wildman–Crippen LogP) is 0.953. The molecule has 2 aromatic rings. The maximum Gasteiger partial charge on any atom is 0.434 e. The largest absolute Gasteiger partial charge is 0.434 e. The molecular formula is C13H14F3N7O. The van der Waals surface area contributed by atoms with Gasteiger partial charge in [-0.1, -0.05) is 0 Å². The number of halogens is 3. The van der Waals surface area contributed by atoms with Crippen molar-refractivity contribution in [3.63, 3.8) is 0 Å². The van der Waals surface area contributed by atoms with Crippen LogP contribution in [0.2, 0.25) is 0 Å². The van der Waals surface area contributed by atoms with Crippen molar-refractivity contribution in [2.24, 2.45) is 0 Å². The van der Waals surface area contributed by atoms with Crippen molar-refractivity contribution >= 4 is 17.5 Å². The first-order valence-electron chi connectivity index (χ1n) is 7.01. The van der Waals surface area contributed by atoms with Gasteiger partial charge in [-0.05, 0) is 0 Å². The third-order valence-corrected chi connectivity index (χ3v) is 3.47. The summed E-state index contributed by atoms with van der Waals surface area (Å²) in [4.78, 5) is 16.7. The number of nitrogens with zero attached hydrogens (tertiary/aromatic N) is 5. The first-order chi connectivity index (χ1) is 11.4. The molecule has 1 saturated heterocycles. The first-order valence-corrected chi connectivity index (χ1v) is 7.01. The van der Waals surface area contributed by atoms with Gasteiger partial charge in [0.2, 0.25) is 5.95 Å². The Hall–Kier alpha value is -2.69. The number of aromatic nitrogens is 4. The molecule has 3 rings (SSSR count). The minimum Gasteiger partial charge on any atom is -0.382 e. The van der Waals surface area contributed by atoms with Crippen molar-refractivity contribution in [3.05, 3.63) is 18.1 Å². The number of rotatable bonds is 2. The van der Waals surface area contributed by atoms with Crippen molar-refractivity contribution in [1.29, 1.82) is 0 Å². The van der Waals surface area contributed by atoms with Gasteiger partial charge in [-0.2, -0.15) is 13.2 Å². The Kier molecular flexibility index (Phi) is 4.09. The van der Waals surface area contributed by atoms with Crippen LogP contribution in [0.4, 0.5) is 30.6 Å². The average molecular weight is 341 g/mol. The Balaban J connectivity index is 2.00. The van der Waals surface area contributed by atoms with Gasteiger partial charge in [-0.3, -0.25) is 0 Å². The van der Waals surface area contributed by atoms with E-state index in [2.05, 4.69) is 19.9 Å². The van der Waals surface area contributed by atoms with Crippen molar-refractivity contribution in [1.82, 2.24) is 19.9 Å². The van der Waals surface area contributed by atoms with Crippen LogP contribution in [0.3, 0.4) is 0 Å². The van der Waals surface area contributed by atoms with Crippen LogP contribution in [0.5, 0.6) is 0 Å². The number of hydrogen-bond donors (Lipinski definition) is 2. The van der Waals surface area contributed by atoms with Gasteiger partial charge in [-0.25, -0.2) is 19.9 Å². The molecule has 11 heteroatoms. The summed E-state index contributed by atoms with van der Waals surface area (Å²) in [5, 5.41) is 0. The Morgan fingerprint density at radius 1 is 1.04 bits per heavy atom. The van der Waals surface area contributed by atoms with Gasteiger partial charge in [0.15, 0.2) is 17.3 Å². The van der Waals surface area contributed by atoms with Crippen LogP contribution in [0.25, 0.3) is 11.4 Å². The van der Waals surface area contributed by atoms with Crippen LogP contribution in [0.1, 0.15) is 5.69 Å². The van der Waals surface area contributed by atoms with Gasteiger partial charge in [-0.15, -0.1) is 0 Å². The van der Waals surface area contributed by atoms with Crippen LogP contribution in [-0.2, 0) is 10.9 Å². The maximum absolute atomic E-state index is 13.1. The lowest BCUT2D eigenvalue weighted by Gasteiger charge is -2.29. The summed E-state index contributed by atoms with van der Waals surface area (Å²) < 4.78 is 44.6. The lowest BCUT2D eigenvalue weighted by molar-refractivity contribution is -0.140. The summed E-state index contributed by atoms with van der Waals surface area (Å²) in [5.74, 6) is -0.618. The Labute approximate surface area is 134 Å². The summed E-state index contributed by atoms with van der Waals surface area (Å²) in [6.45, 7) is 2.27. The van der Waals surface area contributed by atoms with Gasteiger partial charge in [0, 0.05) is 19.3 Å². The van der Waals surface area contributed by atoms with Crippen LogP contribution >= 0.6 is 0 Å².